The number of anilines is 1. The Morgan fingerprint density at radius 2 is 1.76 bits per heavy atom. The number of rotatable bonds is 5. The number of carboxylic acid groups (broad SMARTS) is 1. The largest absolute Gasteiger partial charge is 0.478 e. The maximum atomic E-state index is 12.5. The van der Waals surface area contributed by atoms with Crippen molar-refractivity contribution in [3.8, 4) is 0 Å². The minimum atomic E-state index is -1.02. The average molecular weight is 421 g/mol. The van der Waals surface area contributed by atoms with Gasteiger partial charge >= 0.3 is 5.97 Å². The first-order chi connectivity index (χ1) is 11.9. The second-order valence-electron chi connectivity index (χ2n) is 5.34. The molecule has 1 aliphatic heterocycles. The van der Waals surface area contributed by atoms with Crippen molar-refractivity contribution in [2.24, 2.45) is 0 Å². The van der Waals surface area contributed by atoms with Crippen molar-refractivity contribution in [2.45, 2.75) is 11.9 Å². The molecule has 8 heteroatoms. The van der Waals surface area contributed by atoms with Gasteiger partial charge in [0.2, 0.25) is 0 Å². The van der Waals surface area contributed by atoms with E-state index in [1.54, 1.807) is 12.1 Å². The predicted octanol–water partition coefficient (Wildman–Crippen LogP) is 3.78. The minimum absolute atomic E-state index is 0.156. The van der Waals surface area contributed by atoms with E-state index in [0.717, 1.165) is 21.8 Å². The van der Waals surface area contributed by atoms with E-state index in [1.807, 2.05) is 24.3 Å². The summed E-state index contributed by atoms with van der Waals surface area (Å²) < 4.78 is 0.925. The van der Waals surface area contributed by atoms with Gasteiger partial charge in [-0.05, 0) is 53.7 Å². The molecule has 1 saturated heterocycles. The second kappa shape index (κ2) is 7.28. The van der Waals surface area contributed by atoms with Gasteiger partial charge in [0.25, 0.3) is 11.1 Å². The molecule has 0 bridgehead atoms. The average Bonchev–Trinajstić information content (AvgIpc) is 2.85. The molecule has 6 nitrogen and oxygen atoms in total. The zero-order chi connectivity index (χ0) is 18.0. The third-order valence-corrected chi connectivity index (χ3v) is 5.12. The molecule has 2 aromatic rings. The van der Waals surface area contributed by atoms with Gasteiger partial charge in [0.15, 0.2) is 5.37 Å². The van der Waals surface area contributed by atoms with Crippen molar-refractivity contribution in [3.63, 3.8) is 0 Å². The van der Waals surface area contributed by atoms with Gasteiger partial charge in [-0.25, -0.2) is 4.79 Å². The summed E-state index contributed by atoms with van der Waals surface area (Å²) in [6, 6.07) is 13.4. The molecule has 0 spiro atoms. The van der Waals surface area contributed by atoms with Crippen molar-refractivity contribution >= 4 is 50.5 Å². The normalized spacial score (nSPS) is 17.0. The van der Waals surface area contributed by atoms with Gasteiger partial charge in [-0.1, -0.05) is 28.1 Å². The Hall–Kier alpha value is -2.32. The van der Waals surface area contributed by atoms with Crippen molar-refractivity contribution in [1.29, 1.82) is 0 Å². The monoisotopic (exact) mass is 420 g/mol. The Balaban J connectivity index is 1.68. The fourth-order valence-corrected chi connectivity index (χ4v) is 3.48. The molecule has 1 fully saturated rings. The van der Waals surface area contributed by atoms with E-state index in [0.29, 0.717) is 5.69 Å². The first-order valence-corrected chi connectivity index (χ1v) is 8.97. The molecule has 1 unspecified atom stereocenters. The van der Waals surface area contributed by atoms with Crippen LogP contribution in [0.3, 0.4) is 0 Å². The summed E-state index contributed by atoms with van der Waals surface area (Å²) >= 11 is 4.25. The summed E-state index contributed by atoms with van der Waals surface area (Å²) in [5.41, 5.74) is 1.59. The van der Waals surface area contributed by atoms with E-state index in [4.69, 9.17) is 5.11 Å². The van der Waals surface area contributed by atoms with Crippen LogP contribution in [0.25, 0.3) is 0 Å². The first-order valence-electron chi connectivity index (χ1n) is 7.30. The van der Waals surface area contributed by atoms with E-state index >= 15 is 0 Å². The highest BCUT2D eigenvalue weighted by Crippen LogP contribution is 2.29. The first kappa shape index (κ1) is 17.5. The van der Waals surface area contributed by atoms with Gasteiger partial charge in [-0.15, -0.1) is 0 Å². The van der Waals surface area contributed by atoms with E-state index in [1.165, 1.54) is 17.0 Å². The summed E-state index contributed by atoms with van der Waals surface area (Å²) in [4.78, 5) is 36.7. The maximum Gasteiger partial charge on any atom is 0.335 e. The molecular weight excluding hydrogens is 408 g/mol. The Labute approximate surface area is 156 Å². The fraction of sp³-hybridized carbons (Fsp3) is 0.118. The lowest BCUT2D eigenvalue weighted by atomic mass is 10.2. The van der Waals surface area contributed by atoms with Crippen molar-refractivity contribution in [2.75, 3.05) is 5.32 Å². The zero-order valence-corrected chi connectivity index (χ0v) is 15.2. The molecular formula is C17H13BrN2O4S. The molecule has 0 radical (unpaired) electrons. The highest BCUT2D eigenvalue weighted by atomic mass is 79.9. The molecule has 1 aliphatic rings. The number of hydrogen-bond acceptors (Lipinski definition) is 5. The molecule has 2 aromatic carbocycles. The maximum absolute atomic E-state index is 12.5. The SMILES string of the molecule is O=C(O)c1ccc(NC2SC(=O)N(Cc3ccc(Br)cc3)C2=O)cc1. The van der Waals surface area contributed by atoms with Crippen LogP contribution in [0.15, 0.2) is 53.0 Å². The van der Waals surface area contributed by atoms with Gasteiger partial charge in [0.05, 0.1) is 12.1 Å². The molecule has 25 heavy (non-hydrogen) atoms. The summed E-state index contributed by atoms with van der Waals surface area (Å²) in [7, 11) is 0. The Bertz CT molecular complexity index is 824. The number of hydrogen-bond donors (Lipinski definition) is 2. The number of nitrogens with one attached hydrogen (secondary N) is 1. The van der Waals surface area contributed by atoms with Crippen LogP contribution in [0.2, 0.25) is 0 Å². The van der Waals surface area contributed by atoms with Gasteiger partial charge in [-0.3, -0.25) is 14.5 Å². The van der Waals surface area contributed by atoms with Crippen LogP contribution < -0.4 is 5.32 Å². The smallest absolute Gasteiger partial charge is 0.335 e. The van der Waals surface area contributed by atoms with E-state index in [9.17, 15) is 14.4 Å². The number of imide groups is 1. The second-order valence-corrected chi connectivity index (χ2v) is 7.31. The lowest BCUT2D eigenvalue weighted by Gasteiger charge is -2.15. The van der Waals surface area contributed by atoms with Crippen LogP contribution in [0.4, 0.5) is 10.5 Å². The van der Waals surface area contributed by atoms with Crippen LogP contribution in [0.1, 0.15) is 15.9 Å². The minimum Gasteiger partial charge on any atom is -0.478 e. The van der Waals surface area contributed by atoms with Crippen molar-refractivity contribution in [3.05, 3.63) is 64.1 Å². The molecule has 128 valence electrons. The Morgan fingerprint density at radius 3 is 2.36 bits per heavy atom. The number of carbonyl (C=O) groups excluding carboxylic acids is 2. The lowest BCUT2D eigenvalue weighted by Crippen LogP contribution is -2.33. The number of benzene rings is 2. The number of carboxylic acids is 1. The zero-order valence-electron chi connectivity index (χ0n) is 12.8. The molecule has 0 saturated carbocycles. The summed E-state index contributed by atoms with van der Waals surface area (Å²) in [5, 5.41) is 10.8. The molecule has 3 rings (SSSR count). The summed E-state index contributed by atoms with van der Waals surface area (Å²) in [6.45, 7) is 0.216. The van der Waals surface area contributed by atoms with Crippen LogP contribution in [-0.2, 0) is 11.3 Å². The fourth-order valence-electron chi connectivity index (χ4n) is 2.31. The summed E-state index contributed by atoms with van der Waals surface area (Å²) in [5.74, 6) is -1.34. The van der Waals surface area contributed by atoms with Crippen LogP contribution in [0, 0.1) is 0 Å². The number of thioether (sulfide) groups is 1. The molecule has 0 aromatic heterocycles. The molecule has 2 amide bonds. The molecule has 1 heterocycles. The molecule has 0 aliphatic carbocycles. The van der Waals surface area contributed by atoms with E-state index < -0.39 is 11.3 Å². The number of carbonyl (C=O) groups is 3. The third kappa shape index (κ3) is 4.02. The number of halogens is 1. The van der Waals surface area contributed by atoms with Gasteiger partial charge in [0.1, 0.15) is 0 Å². The molecule has 1 atom stereocenters. The number of amides is 2. The Morgan fingerprint density at radius 1 is 1.12 bits per heavy atom. The van der Waals surface area contributed by atoms with Gasteiger partial charge < -0.3 is 10.4 Å². The van der Waals surface area contributed by atoms with Crippen LogP contribution >= 0.6 is 27.7 Å². The highest BCUT2D eigenvalue weighted by Gasteiger charge is 2.39. The standard InChI is InChI=1S/C17H13BrN2O4S/c18-12-5-1-10(2-6-12)9-20-15(21)14(25-17(20)24)19-13-7-3-11(4-8-13)16(22)23/h1-8,14,19H,9H2,(H,22,23). The molecule has 2 N–H and O–H groups in total. The van der Waals surface area contributed by atoms with E-state index in [-0.39, 0.29) is 23.3 Å². The quantitative estimate of drug-likeness (QED) is 0.764. The summed E-state index contributed by atoms with van der Waals surface area (Å²) in [6.07, 6.45) is 0. The predicted molar refractivity (Wildman–Crippen MR) is 98.5 cm³/mol. The number of nitrogens with zero attached hydrogens (tertiary/aromatic N) is 1. The number of aromatic carboxylic acids is 1. The topological polar surface area (TPSA) is 86.7 Å². The van der Waals surface area contributed by atoms with Gasteiger partial charge in [-0.2, -0.15) is 0 Å². The van der Waals surface area contributed by atoms with Gasteiger partial charge in [0, 0.05) is 10.2 Å². The lowest BCUT2D eigenvalue weighted by molar-refractivity contribution is -0.126. The van der Waals surface area contributed by atoms with Crippen LogP contribution in [0.5, 0.6) is 0 Å². The third-order valence-electron chi connectivity index (χ3n) is 3.61. The van der Waals surface area contributed by atoms with Crippen molar-refractivity contribution in [1.82, 2.24) is 4.90 Å². The van der Waals surface area contributed by atoms with Crippen LogP contribution in [-0.4, -0.2) is 32.5 Å². The highest BCUT2D eigenvalue weighted by molar-refractivity contribution is 9.10. The Kier molecular flexibility index (Phi) is 5.10. The van der Waals surface area contributed by atoms with E-state index in [2.05, 4.69) is 21.2 Å². The van der Waals surface area contributed by atoms with Crippen molar-refractivity contribution < 1.29 is 19.5 Å².